The van der Waals surface area contributed by atoms with Gasteiger partial charge in [-0.3, -0.25) is 19.8 Å². The molecule has 0 radical (unpaired) electrons. The topological polar surface area (TPSA) is 93.7 Å². The molecule has 4 rings (SSSR count). The minimum atomic E-state index is -0.497. The summed E-state index contributed by atoms with van der Waals surface area (Å²) in [6.07, 6.45) is 1.63. The number of para-hydroxylation sites is 2. The fourth-order valence-corrected chi connectivity index (χ4v) is 3.96. The van der Waals surface area contributed by atoms with Crippen LogP contribution in [0, 0.1) is 10.1 Å². The molecule has 9 nitrogen and oxygen atoms in total. The summed E-state index contributed by atoms with van der Waals surface area (Å²) in [5.41, 5.74) is 1.44. The van der Waals surface area contributed by atoms with E-state index in [9.17, 15) is 14.9 Å². The number of ether oxygens (including phenoxy) is 1. The molecule has 3 aromatic rings. The number of rotatable bonds is 7. The van der Waals surface area contributed by atoms with Gasteiger partial charge < -0.3 is 9.64 Å². The van der Waals surface area contributed by atoms with Crippen molar-refractivity contribution < 1.29 is 14.5 Å². The van der Waals surface area contributed by atoms with Crippen LogP contribution in [0.4, 0.5) is 5.69 Å². The monoisotopic (exact) mass is 499 g/mol. The van der Waals surface area contributed by atoms with Crippen molar-refractivity contribution in [3.05, 3.63) is 86.6 Å². The number of carbonyl (C=O) groups is 1. The Balaban J connectivity index is 1.31. The highest BCUT2D eigenvalue weighted by Crippen LogP contribution is 2.26. The zero-order valence-electron chi connectivity index (χ0n) is 17.3. The zero-order valence-corrected chi connectivity index (χ0v) is 18.8. The van der Waals surface area contributed by atoms with Gasteiger partial charge in [-0.2, -0.15) is 5.10 Å². The second-order valence-electron chi connectivity index (χ2n) is 7.40. The number of halogens is 1. The highest BCUT2D eigenvalue weighted by molar-refractivity contribution is 9.10. The Labute approximate surface area is 193 Å². The number of carbonyl (C=O) groups excluding carboxylic acids is 1. The lowest BCUT2D eigenvalue weighted by molar-refractivity contribution is -0.386. The SMILES string of the molecule is O=C(c1ccn(COc2ccccc2[N+](=O)[O-])n1)N1CCN(Cc2ccccc2Br)CC1. The van der Waals surface area contributed by atoms with Crippen LogP contribution in [-0.2, 0) is 13.3 Å². The number of nitrogens with zero attached hydrogens (tertiary/aromatic N) is 5. The average molecular weight is 500 g/mol. The Kier molecular flexibility index (Phi) is 6.81. The number of amides is 1. The van der Waals surface area contributed by atoms with E-state index in [0.717, 1.165) is 24.1 Å². The lowest BCUT2D eigenvalue weighted by atomic mass is 10.2. The highest BCUT2D eigenvalue weighted by atomic mass is 79.9. The van der Waals surface area contributed by atoms with E-state index in [1.54, 1.807) is 29.3 Å². The minimum Gasteiger partial charge on any atom is -0.464 e. The molecule has 1 aliphatic rings. The van der Waals surface area contributed by atoms with E-state index in [2.05, 4.69) is 32.0 Å². The number of piperazine rings is 1. The Morgan fingerprint density at radius 1 is 1.06 bits per heavy atom. The van der Waals surface area contributed by atoms with Crippen LogP contribution in [0.25, 0.3) is 0 Å². The van der Waals surface area contributed by atoms with Crippen LogP contribution in [-0.4, -0.2) is 56.6 Å². The molecule has 0 N–H and O–H groups in total. The molecule has 1 aliphatic heterocycles. The van der Waals surface area contributed by atoms with Crippen molar-refractivity contribution in [2.45, 2.75) is 13.3 Å². The molecule has 0 aliphatic carbocycles. The molecular formula is C22H22BrN5O4. The van der Waals surface area contributed by atoms with Crippen LogP contribution in [0.3, 0.4) is 0 Å². The van der Waals surface area contributed by atoms with Crippen molar-refractivity contribution in [2.75, 3.05) is 26.2 Å². The standard InChI is InChI=1S/C22H22BrN5O4/c23-18-6-2-1-5-17(18)15-25-11-13-26(14-12-25)22(29)19-9-10-27(24-19)16-32-21-8-4-3-7-20(21)28(30)31/h1-10H,11-16H2. The number of benzene rings is 2. The first-order chi connectivity index (χ1) is 15.5. The molecule has 2 heterocycles. The van der Waals surface area contributed by atoms with E-state index in [1.165, 1.54) is 22.4 Å². The summed E-state index contributed by atoms with van der Waals surface area (Å²) >= 11 is 3.58. The summed E-state index contributed by atoms with van der Waals surface area (Å²) < 4.78 is 8.07. The Morgan fingerprint density at radius 3 is 2.53 bits per heavy atom. The third kappa shape index (κ3) is 5.14. The molecule has 1 amide bonds. The molecule has 0 unspecified atom stereocenters. The van der Waals surface area contributed by atoms with Gasteiger partial charge in [0, 0.05) is 49.5 Å². The van der Waals surface area contributed by atoms with Gasteiger partial charge >= 0.3 is 5.69 Å². The molecular weight excluding hydrogens is 478 g/mol. The van der Waals surface area contributed by atoms with Gasteiger partial charge in [0.25, 0.3) is 5.91 Å². The molecule has 0 bridgehead atoms. The van der Waals surface area contributed by atoms with Crippen molar-refractivity contribution >= 4 is 27.5 Å². The molecule has 1 aromatic heterocycles. The maximum Gasteiger partial charge on any atom is 0.311 e. The van der Waals surface area contributed by atoms with Crippen LogP contribution in [0.1, 0.15) is 16.1 Å². The van der Waals surface area contributed by atoms with Crippen molar-refractivity contribution in [3.8, 4) is 5.75 Å². The van der Waals surface area contributed by atoms with Crippen LogP contribution in [0.15, 0.2) is 65.3 Å². The van der Waals surface area contributed by atoms with Gasteiger partial charge in [-0.05, 0) is 23.8 Å². The van der Waals surface area contributed by atoms with E-state index < -0.39 is 4.92 Å². The average Bonchev–Trinajstić information content (AvgIpc) is 3.28. The largest absolute Gasteiger partial charge is 0.464 e. The van der Waals surface area contributed by atoms with Gasteiger partial charge in [-0.25, -0.2) is 4.68 Å². The van der Waals surface area contributed by atoms with E-state index in [0.29, 0.717) is 18.8 Å². The summed E-state index contributed by atoms with van der Waals surface area (Å²) in [4.78, 5) is 27.6. The predicted molar refractivity (Wildman–Crippen MR) is 121 cm³/mol. The van der Waals surface area contributed by atoms with E-state index >= 15 is 0 Å². The van der Waals surface area contributed by atoms with Gasteiger partial charge in [-0.1, -0.05) is 46.3 Å². The lowest BCUT2D eigenvalue weighted by Crippen LogP contribution is -2.48. The molecule has 0 spiro atoms. The highest BCUT2D eigenvalue weighted by Gasteiger charge is 2.24. The molecule has 0 atom stereocenters. The second kappa shape index (κ2) is 9.92. The van der Waals surface area contributed by atoms with E-state index in [-0.39, 0.29) is 24.1 Å². The zero-order chi connectivity index (χ0) is 22.5. The van der Waals surface area contributed by atoms with Gasteiger partial charge in [0.15, 0.2) is 18.2 Å². The smallest absolute Gasteiger partial charge is 0.311 e. The maximum absolute atomic E-state index is 12.8. The number of nitro benzene ring substituents is 1. The Morgan fingerprint density at radius 2 is 1.78 bits per heavy atom. The van der Waals surface area contributed by atoms with Gasteiger partial charge in [0.2, 0.25) is 0 Å². The van der Waals surface area contributed by atoms with Crippen molar-refractivity contribution in [3.63, 3.8) is 0 Å². The molecule has 10 heteroatoms. The lowest BCUT2D eigenvalue weighted by Gasteiger charge is -2.34. The van der Waals surface area contributed by atoms with Crippen molar-refractivity contribution in [1.82, 2.24) is 19.6 Å². The Hall–Kier alpha value is -3.24. The number of nitro groups is 1. The summed E-state index contributed by atoms with van der Waals surface area (Å²) in [7, 11) is 0. The number of aromatic nitrogens is 2. The fraction of sp³-hybridized carbons (Fsp3) is 0.273. The van der Waals surface area contributed by atoms with Gasteiger partial charge in [-0.15, -0.1) is 0 Å². The Bertz CT molecular complexity index is 1110. The van der Waals surface area contributed by atoms with Gasteiger partial charge in [0.05, 0.1) is 4.92 Å². The predicted octanol–water partition coefficient (Wildman–Crippen LogP) is 3.55. The van der Waals surface area contributed by atoms with Crippen molar-refractivity contribution in [2.24, 2.45) is 0 Å². The minimum absolute atomic E-state index is 0.0299. The maximum atomic E-state index is 12.8. The molecule has 2 aromatic carbocycles. The number of hydrogen-bond acceptors (Lipinski definition) is 6. The summed E-state index contributed by atoms with van der Waals surface area (Å²) in [5.74, 6) is 0.0250. The third-order valence-corrected chi connectivity index (χ3v) is 6.06. The summed E-state index contributed by atoms with van der Waals surface area (Å²) in [6, 6.07) is 15.9. The summed E-state index contributed by atoms with van der Waals surface area (Å²) in [5, 5.41) is 15.4. The van der Waals surface area contributed by atoms with Crippen LogP contribution >= 0.6 is 15.9 Å². The molecule has 1 fully saturated rings. The first-order valence-electron chi connectivity index (χ1n) is 10.2. The third-order valence-electron chi connectivity index (χ3n) is 5.29. The fourth-order valence-electron chi connectivity index (χ4n) is 3.55. The van der Waals surface area contributed by atoms with Crippen molar-refractivity contribution in [1.29, 1.82) is 0 Å². The van der Waals surface area contributed by atoms with Crippen LogP contribution < -0.4 is 4.74 Å². The molecule has 32 heavy (non-hydrogen) atoms. The summed E-state index contributed by atoms with van der Waals surface area (Å²) in [6.45, 7) is 3.63. The quantitative estimate of drug-likeness (QED) is 0.364. The van der Waals surface area contributed by atoms with Crippen LogP contribution in [0.2, 0.25) is 0 Å². The first kappa shape index (κ1) is 22.0. The van der Waals surface area contributed by atoms with E-state index in [1.807, 2.05) is 18.2 Å². The normalized spacial score (nSPS) is 14.3. The van der Waals surface area contributed by atoms with E-state index in [4.69, 9.17) is 4.74 Å². The first-order valence-corrected chi connectivity index (χ1v) is 11.0. The number of hydrogen-bond donors (Lipinski definition) is 0. The van der Waals surface area contributed by atoms with Gasteiger partial charge in [0.1, 0.15) is 0 Å². The molecule has 1 saturated heterocycles. The molecule has 166 valence electrons. The second-order valence-corrected chi connectivity index (χ2v) is 8.25. The van der Waals surface area contributed by atoms with Crippen LogP contribution in [0.5, 0.6) is 5.75 Å². The molecule has 0 saturated carbocycles.